The van der Waals surface area contributed by atoms with Gasteiger partial charge in [0.1, 0.15) is 23.1 Å². The van der Waals surface area contributed by atoms with E-state index in [9.17, 15) is 20.2 Å². The largest absolute Gasteiger partial charge is 0.456 e. The number of halogens is 2. The average Bonchev–Trinajstić information content (AvgIpc) is 2.83. The number of nitro benzene ring substituents is 2. The van der Waals surface area contributed by atoms with Crippen LogP contribution in [0.15, 0.2) is 72.8 Å². The summed E-state index contributed by atoms with van der Waals surface area (Å²) in [6.45, 7) is 2.97. The summed E-state index contributed by atoms with van der Waals surface area (Å²) in [6, 6.07) is 17.3. The van der Waals surface area contributed by atoms with Gasteiger partial charge < -0.3 is 4.74 Å². The van der Waals surface area contributed by atoms with Crippen LogP contribution in [0.4, 0.5) is 20.2 Å². The number of hydrogen-bond acceptors (Lipinski definition) is 5. The van der Waals surface area contributed by atoms with Crippen molar-refractivity contribution in [1.29, 1.82) is 0 Å². The Kier molecular flexibility index (Phi) is 6.24. The van der Waals surface area contributed by atoms with Crippen LogP contribution >= 0.6 is 0 Å². The normalized spacial score (nSPS) is 10.7. The third-order valence-corrected chi connectivity index (χ3v) is 5.55. The smallest absolute Gasteiger partial charge is 0.280 e. The van der Waals surface area contributed by atoms with Crippen molar-refractivity contribution in [3.8, 4) is 33.8 Å². The van der Waals surface area contributed by atoms with Gasteiger partial charge in [-0.3, -0.25) is 20.2 Å². The highest BCUT2D eigenvalue weighted by molar-refractivity contribution is 5.82. The summed E-state index contributed by atoms with van der Waals surface area (Å²) in [5, 5.41) is 23.3. The summed E-state index contributed by atoms with van der Waals surface area (Å²) in [7, 11) is 0. The number of nitro groups is 2. The maximum absolute atomic E-state index is 15.1. The average molecular weight is 476 g/mol. The van der Waals surface area contributed by atoms with E-state index in [1.54, 1.807) is 24.3 Å². The van der Waals surface area contributed by atoms with Gasteiger partial charge >= 0.3 is 0 Å². The Hall–Kier alpha value is -4.66. The first-order chi connectivity index (χ1) is 16.7. The van der Waals surface area contributed by atoms with Crippen LogP contribution < -0.4 is 4.74 Å². The van der Waals surface area contributed by atoms with Gasteiger partial charge in [-0.15, -0.1) is 0 Å². The van der Waals surface area contributed by atoms with E-state index in [2.05, 4.69) is 0 Å². The zero-order chi connectivity index (χ0) is 25.3. The molecule has 9 heteroatoms. The lowest BCUT2D eigenvalue weighted by molar-refractivity contribution is -0.384. The molecule has 0 saturated heterocycles. The van der Waals surface area contributed by atoms with E-state index in [1.165, 1.54) is 62.4 Å². The van der Waals surface area contributed by atoms with Crippen LogP contribution in [0.1, 0.15) is 11.1 Å². The highest BCUT2D eigenvalue weighted by Gasteiger charge is 2.27. The molecule has 0 radical (unpaired) electrons. The number of para-hydroxylation sites is 2. The molecule has 0 saturated carbocycles. The van der Waals surface area contributed by atoms with E-state index >= 15 is 8.78 Å². The van der Waals surface area contributed by atoms with Crippen LogP contribution in [0.2, 0.25) is 0 Å². The highest BCUT2D eigenvalue weighted by Crippen LogP contribution is 2.44. The van der Waals surface area contributed by atoms with Crippen molar-refractivity contribution < 1.29 is 23.4 Å². The van der Waals surface area contributed by atoms with Gasteiger partial charge in [0.15, 0.2) is 0 Å². The van der Waals surface area contributed by atoms with Gasteiger partial charge in [-0.1, -0.05) is 36.4 Å². The molecular weight excluding hydrogens is 458 g/mol. The second-order valence-electron chi connectivity index (χ2n) is 7.79. The predicted octanol–water partition coefficient (Wildman–Crippen LogP) is 7.52. The molecule has 0 aromatic heterocycles. The third-order valence-electron chi connectivity index (χ3n) is 5.55. The molecule has 0 aliphatic carbocycles. The van der Waals surface area contributed by atoms with E-state index in [0.717, 1.165) is 0 Å². The summed E-state index contributed by atoms with van der Waals surface area (Å²) in [5.41, 5.74) is -0.775. The standard InChI is InChI=1S/C26H18F2N2O5/c1-15-11-13-19(29(31)32)23(25(15)27)17-7-3-5-9-21(17)35-22-10-6-4-8-18(22)24-20(30(33)34)14-12-16(2)26(24)28/h3-14H,1-2H3. The monoisotopic (exact) mass is 476 g/mol. The maximum atomic E-state index is 15.1. The molecule has 0 aliphatic rings. The SMILES string of the molecule is Cc1ccc([N+](=O)[O-])c(-c2ccccc2Oc2ccccc2-c2c([N+](=O)[O-])ccc(C)c2F)c1F. The van der Waals surface area contributed by atoms with E-state index in [1.807, 2.05) is 0 Å². The summed E-state index contributed by atoms with van der Waals surface area (Å²) in [6.07, 6.45) is 0. The molecule has 0 spiro atoms. The lowest BCUT2D eigenvalue weighted by Crippen LogP contribution is -2.00. The van der Waals surface area contributed by atoms with Crippen LogP contribution in [-0.4, -0.2) is 9.85 Å². The number of aryl methyl sites for hydroxylation is 2. The minimum Gasteiger partial charge on any atom is -0.456 e. The maximum Gasteiger partial charge on any atom is 0.280 e. The summed E-state index contributed by atoms with van der Waals surface area (Å²) in [4.78, 5) is 21.9. The summed E-state index contributed by atoms with van der Waals surface area (Å²) >= 11 is 0. The molecule has 4 aromatic rings. The van der Waals surface area contributed by atoms with Crippen LogP contribution in [-0.2, 0) is 0 Å². The van der Waals surface area contributed by atoms with Crippen LogP contribution in [0.5, 0.6) is 11.5 Å². The minimum atomic E-state index is -0.774. The molecule has 0 atom stereocenters. The third kappa shape index (κ3) is 4.31. The van der Waals surface area contributed by atoms with E-state index in [4.69, 9.17) is 4.74 Å². The number of rotatable bonds is 6. The van der Waals surface area contributed by atoms with Crippen molar-refractivity contribution in [1.82, 2.24) is 0 Å². The van der Waals surface area contributed by atoms with Crippen molar-refractivity contribution in [2.24, 2.45) is 0 Å². The summed E-state index contributed by atoms with van der Waals surface area (Å²) in [5.74, 6) is -1.43. The predicted molar refractivity (Wildman–Crippen MR) is 127 cm³/mol. The van der Waals surface area contributed by atoms with Crippen LogP contribution in [0.3, 0.4) is 0 Å². The minimum absolute atomic E-state index is 0.0586. The first-order valence-corrected chi connectivity index (χ1v) is 10.4. The van der Waals surface area contributed by atoms with Crippen molar-refractivity contribution in [2.75, 3.05) is 0 Å². The van der Waals surface area contributed by atoms with Gasteiger partial charge in [0.05, 0.1) is 21.0 Å². The first kappa shape index (κ1) is 23.5. The second-order valence-corrected chi connectivity index (χ2v) is 7.79. The molecular formula is C26H18F2N2O5. The fourth-order valence-electron chi connectivity index (χ4n) is 3.80. The van der Waals surface area contributed by atoms with Gasteiger partial charge in [0.2, 0.25) is 0 Å². The van der Waals surface area contributed by atoms with Gasteiger partial charge in [0, 0.05) is 23.3 Å². The molecule has 0 N–H and O–H groups in total. The topological polar surface area (TPSA) is 95.5 Å². The number of ether oxygens (including phenoxy) is 1. The van der Waals surface area contributed by atoms with E-state index < -0.39 is 32.9 Å². The van der Waals surface area contributed by atoms with E-state index in [0.29, 0.717) is 0 Å². The van der Waals surface area contributed by atoms with Crippen LogP contribution in [0.25, 0.3) is 22.3 Å². The Bertz CT molecular complexity index is 1380. The molecule has 0 unspecified atom stereocenters. The fraction of sp³-hybridized carbons (Fsp3) is 0.0769. The molecule has 176 valence electrons. The Morgan fingerprint density at radius 2 is 1.00 bits per heavy atom. The molecule has 7 nitrogen and oxygen atoms in total. The second kappa shape index (κ2) is 9.30. The van der Waals surface area contributed by atoms with Crippen LogP contribution in [0, 0.1) is 45.7 Å². The molecule has 35 heavy (non-hydrogen) atoms. The molecule has 0 amide bonds. The molecule has 0 fully saturated rings. The number of benzene rings is 4. The lowest BCUT2D eigenvalue weighted by atomic mass is 9.98. The Morgan fingerprint density at radius 3 is 1.37 bits per heavy atom. The lowest BCUT2D eigenvalue weighted by Gasteiger charge is -2.16. The molecule has 0 heterocycles. The zero-order valence-electron chi connectivity index (χ0n) is 18.6. The number of nitrogens with zero attached hydrogens (tertiary/aromatic N) is 2. The molecule has 4 rings (SSSR count). The quantitative estimate of drug-likeness (QED) is 0.212. The van der Waals surface area contributed by atoms with Gasteiger partial charge in [0.25, 0.3) is 11.4 Å². The molecule has 0 aliphatic heterocycles. The van der Waals surface area contributed by atoms with Crippen molar-refractivity contribution in [2.45, 2.75) is 13.8 Å². The van der Waals surface area contributed by atoms with Crippen molar-refractivity contribution >= 4 is 11.4 Å². The van der Waals surface area contributed by atoms with E-state index in [-0.39, 0.29) is 44.9 Å². The highest BCUT2D eigenvalue weighted by atomic mass is 19.1. The summed E-state index contributed by atoms with van der Waals surface area (Å²) < 4.78 is 36.3. The Balaban J connectivity index is 1.92. The molecule has 4 aromatic carbocycles. The van der Waals surface area contributed by atoms with Gasteiger partial charge in [-0.05, 0) is 49.2 Å². The van der Waals surface area contributed by atoms with Crippen molar-refractivity contribution in [3.05, 3.63) is 116 Å². The van der Waals surface area contributed by atoms with Gasteiger partial charge in [-0.2, -0.15) is 0 Å². The zero-order valence-corrected chi connectivity index (χ0v) is 18.6. The Morgan fingerprint density at radius 1 is 0.629 bits per heavy atom. The molecule has 0 bridgehead atoms. The van der Waals surface area contributed by atoms with Crippen molar-refractivity contribution in [3.63, 3.8) is 0 Å². The number of hydrogen-bond donors (Lipinski definition) is 0. The Labute approximate surface area is 198 Å². The fourth-order valence-corrected chi connectivity index (χ4v) is 3.80. The van der Waals surface area contributed by atoms with Gasteiger partial charge in [-0.25, -0.2) is 8.78 Å². The first-order valence-electron chi connectivity index (χ1n) is 10.4.